The highest BCUT2D eigenvalue weighted by atomic mass is 32.1. The first-order chi connectivity index (χ1) is 10.2. The maximum atomic E-state index is 4.79. The van der Waals surface area contributed by atoms with Crippen LogP contribution in [0, 0.1) is 13.8 Å². The summed E-state index contributed by atoms with van der Waals surface area (Å²) in [6.07, 6.45) is 0.976. The highest BCUT2D eigenvalue weighted by Gasteiger charge is 2.16. The maximum Gasteiger partial charge on any atom is 0.111 e. The summed E-state index contributed by atoms with van der Waals surface area (Å²) >= 11 is 1.79. The summed E-state index contributed by atoms with van der Waals surface area (Å²) in [6.45, 7) is 4.38. The van der Waals surface area contributed by atoms with E-state index >= 15 is 0 Å². The topological polar surface area (TPSA) is 24.9 Å². The molecule has 1 unspecified atom stereocenters. The lowest BCUT2D eigenvalue weighted by molar-refractivity contribution is 0.588. The zero-order valence-electron chi connectivity index (χ0n) is 12.7. The molecule has 3 aromatic rings. The standard InChI is InChI=1S/C18H20N2S/c1-12-7-6-8-14(13(12)2)11-16(19-3)18-20-15-9-4-5-10-17(15)21-18/h4-10,16,19H,11H2,1-3H3. The number of nitrogens with zero attached hydrogens (tertiary/aromatic N) is 1. The number of nitrogens with one attached hydrogen (secondary N) is 1. The molecular weight excluding hydrogens is 276 g/mol. The lowest BCUT2D eigenvalue weighted by atomic mass is 9.98. The Kier molecular flexibility index (Phi) is 4.04. The lowest BCUT2D eigenvalue weighted by Gasteiger charge is -2.16. The van der Waals surface area contributed by atoms with E-state index in [1.807, 2.05) is 13.1 Å². The minimum absolute atomic E-state index is 0.267. The summed E-state index contributed by atoms with van der Waals surface area (Å²) in [5, 5.41) is 4.59. The molecule has 0 aliphatic heterocycles. The monoisotopic (exact) mass is 296 g/mol. The minimum atomic E-state index is 0.267. The Bertz CT molecular complexity index is 728. The summed E-state index contributed by atoms with van der Waals surface area (Å²) in [6, 6.07) is 15.1. The summed E-state index contributed by atoms with van der Waals surface area (Å²) < 4.78 is 1.26. The molecule has 0 saturated carbocycles. The van der Waals surface area contributed by atoms with Crippen LogP contribution in [0.15, 0.2) is 42.5 Å². The molecule has 3 heteroatoms. The molecule has 0 saturated heterocycles. The predicted octanol–water partition coefficient (Wildman–Crippen LogP) is 4.42. The third-order valence-electron chi connectivity index (χ3n) is 4.10. The fourth-order valence-electron chi connectivity index (χ4n) is 2.60. The number of aryl methyl sites for hydroxylation is 1. The van der Waals surface area contributed by atoms with Crippen molar-refractivity contribution >= 4 is 21.6 Å². The number of likely N-dealkylation sites (N-methyl/N-ethyl adjacent to an activating group) is 1. The molecule has 0 aliphatic carbocycles. The number of hydrogen-bond donors (Lipinski definition) is 1. The second kappa shape index (κ2) is 5.96. The van der Waals surface area contributed by atoms with Crippen LogP contribution < -0.4 is 5.32 Å². The number of thiazole rings is 1. The van der Waals surface area contributed by atoms with E-state index < -0.39 is 0 Å². The number of benzene rings is 2. The molecule has 1 aromatic heterocycles. The fraction of sp³-hybridized carbons (Fsp3) is 0.278. The molecular formula is C18H20N2S. The van der Waals surface area contributed by atoms with E-state index in [0.717, 1.165) is 11.9 Å². The van der Waals surface area contributed by atoms with Crippen molar-refractivity contribution in [2.75, 3.05) is 7.05 Å². The van der Waals surface area contributed by atoms with Crippen LogP contribution in [0.5, 0.6) is 0 Å². The van der Waals surface area contributed by atoms with Crippen LogP contribution in [0.1, 0.15) is 27.7 Å². The molecule has 3 rings (SSSR count). The Morgan fingerprint density at radius 2 is 1.90 bits per heavy atom. The molecule has 0 bridgehead atoms. The van der Waals surface area contributed by atoms with Gasteiger partial charge in [-0.05, 0) is 56.1 Å². The molecule has 2 aromatic carbocycles. The third-order valence-corrected chi connectivity index (χ3v) is 5.25. The molecule has 2 nitrogen and oxygen atoms in total. The van der Waals surface area contributed by atoms with Crippen molar-refractivity contribution in [3.8, 4) is 0 Å². The highest BCUT2D eigenvalue weighted by Crippen LogP contribution is 2.29. The summed E-state index contributed by atoms with van der Waals surface area (Å²) in [5.74, 6) is 0. The number of aromatic nitrogens is 1. The van der Waals surface area contributed by atoms with Crippen LogP contribution in [0.2, 0.25) is 0 Å². The normalized spacial score (nSPS) is 12.7. The Balaban J connectivity index is 1.93. The Hall–Kier alpha value is -1.71. The quantitative estimate of drug-likeness (QED) is 0.771. The zero-order valence-corrected chi connectivity index (χ0v) is 13.5. The molecule has 1 N–H and O–H groups in total. The summed E-state index contributed by atoms with van der Waals surface area (Å²) in [5.41, 5.74) is 5.23. The van der Waals surface area contributed by atoms with Crippen molar-refractivity contribution in [2.45, 2.75) is 26.3 Å². The van der Waals surface area contributed by atoms with Gasteiger partial charge in [0.15, 0.2) is 0 Å². The predicted molar refractivity (Wildman–Crippen MR) is 91.0 cm³/mol. The van der Waals surface area contributed by atoms with Gasteiger partial charge in [-0.2, -0.15) is 0 Å². The maximum absolute atomic E-state index is 4.79. The van der Waals surface area contributed by atoms with E-state index in [1.54, 1.807) is 11.3 Å². The van der Waals surface area contributed by atoms with Crippen LogP contribution >= 0.6 is 11.3 Å². The molecule has 0 amide bonds. The number of fused-ring (bicyclic) bond motifs is 1. The van der Waals surface area contributed by atoms with Crippen LogP contribution in [-0.2, 0) is 6.42 Å². The molecule has 0 radical (unpaired) electrons. The van der Waals surface area contributed by atoms with Gasteiger partial charge >= 0.3 is 0 Å². The fourth-order valence-corrected chi connectivity index (χ4v) is 3.68. The van der Waals surface area contributed by atoms with Crippen molar-refractivity contribution in [3.63, 3.8) is 0 Å². The molecule has 0 fully saturated rings. The van der Waals surface area contributed by atoms with Crippen LogP contribution in [0.3, 0.4) is 0 Å². The second-order valence-corrected chi connectivity index (χ2v) is 6.49. The Morgan fingerprint density at radius 3 is 2.67 bits per heavy atom. The Labute approximate surface area is 129 Å². The molecule has 1 heterocycles. The SMILES string of the molecule is CNC(Cc1cccc(C)c1C)c1nc2ccccc2s1. The molecule has 1 atom stereocenters. The van der Waals surface area contributed by atoms with E-state index in [-0.39, 0.29) is 6.04 Å². The summed E-state index contributed by atoms with van der Waals surface area (Å²) in [4.78, 5) is 4.79. The van der Waals surface area contributed by atoms with E-state index in [4.69, 9.17) is 4.98 Å². The zero-order chi connectivity index (χ0) is 14.8. The van der Waals surface area contributed by atoms with Gasteiger partial charge in [-0.3, -0.25) is 0 Å². The van der Waals surface area contributed by atoms with Crippen molar-refractivity contribution in [1.82, 2.24) is 10.3 Å². The molecule has 0 spiro atoms. The van der Waals surface area contributed by atoms with Crippen molar-refractivity contribution in [3.05, 3.63) is 64.2 Å². The highest BCUT2D eigenvalue weighted by molar-refractivity contribution is 7.18. The van der Waals surface area contributed by atoms with Gasteiger partial charge in [0.05, 0.1) is 16.3 Å². The molecule has 108 valence electrons. The Morgan fingerprint density at radius 1 is 1.10 bits per heavy atom. The number of rotatable bonds is 4. The van der Waals surface area contributed by atoms with Crippen molar-refractivity contribution in [1.29, 1.82) is 0 Å². The van der Waals surface area contributed by atoms with Crippen molar-refractivity contribution < 1.29 is 0 Å². The number of para-hydroxylation sites is 1. The van der Waals surface area contributed by atoms with Gasteiger partial charge in [0.1, 0.15) is 5.01 Å². The third kappa shape index (κ3) is 2.85. The average Bonchev–Trinajstić information content (AvgIpc) is 2.92. The van der Waals surface area contributed by atoms with Gasteiger partial charge in [0.25, 0.3) is 0 Å². The first-order valence-corrected chi connectivity index (χ1v) is 8.08. The first kappa shape index (κ1) is 14.2. The second-order valence-electron chi connectivity index (χ2n) is 5.42. The first-order valence-electron chi connectivity index (χ1n) is 7.27. The summed E-state index contributed by atoms with van der Waals surface area (Å²) in [7, 11) is 2.02. The largest absolute Gasteiger partial charge is 0.311 e. The van der Waals surface area contributed by atoms with E-state index in [2.05, 4.69) is 55.6 Å². The van der Waals surface area contributed by atoms with Gasteiger partial charge in [-0.25, -0.2) is 4.98 Å². The molecule has 0 aliphatic rings. The van der Waals surface area contributed by atoms with Crippen LogP contribution in [0.4, 0.5) is 0 Å². The van der Waals surface area contributed by atoms with E-state index in [9.17, 15) is 0 Å². The van der Waals surface area contributed by atoms with Crippen molar-refractivity contribution in [2.24, 2.45) is 0 Å². The lowest BCUT2D eigenvalue weighted by Crippen LogP contribution is -2.19. The van der Waals surface area contributed by atoms with Crippen LogP contribution in [-0.4, -0.2) is 12.0 Å². The van der Waals surface area contributed by atoms with E-state index in [1.165, 1.54) is 26.4 Å². The average molecular weight is 296 g/mol. The minimum Gasteiger partial charge on any atom is -0.311 e. The van der Waals surface area contributed by atoms with Crippen LogP contribution in [0.25, 0.3) is 10.2 Å². The smallest absolute Gasteiger partial charge is 0.111 e. The van der Waals surface area contributed by atoms with Gasteiger partial charge in [-0.15, -0.1) is 11.3 Å². The van der Waals surface area contributed by atoms with Gasteiger partial charge in [0.2, 0.25) is 0 Å². The number of hydrogen-bond acceptors (Lipinski definition) is 3. The van der Waals surface area contributed by atoms with Gasteiger partial charge in [0, 0.05) is 0 Å². The van der Waals surface area contributed by atoms with Gasteiger partial charge < -0.3 is 5.32 Å². The molecule has 21 heavy (non-hydrogen) atoms. The van der Waals surface area contributed by atoms with E-state index in [0.29, 0.717) is 0 Å². The van der Waals surface area contributed by atoms with Gasteiger partial charge in [-0.1, -0.05) is 30.3 Å².